The van der Waals surface area contributed by atoms with Crippen molar-refractivity contribution in [2.75, 3.05) is 11.4 Å². The smallest absolute Gasteiger partial charge is 0.228 e. The summed E-state index contributed by atoms with van der Waals surface area (Å²) in [4.78, 5) is 42.5. The first-order valence-electron chi connectivity index (χ1n) is 19.9. The fourth-order valence-corrected chi connectivity index (χ4v) is 8.44. The quantitative estimate of drug-likeness (QED) is 0.209. The van der Waals surface area contributed by atoms with E-state index in [2.05, 4.69) is 79.3 Å². The van der Waals surface area contributed by atoms with Crippen LogP contribution in [-0.2, 0) is 14.4 Å². The molecule has 0 aromatic heterocycles. The third kappa shape index (κ3) is 10.2. The van der Waals surface area contributed by atoms with Crippen LogP contribution in [0.2, 0.25) is 0 Å². The zero-order valence-corrected chi connectivity index (χ0v) is 33.8. The molecule has 1 aromatic carbocycles. The van der Waals surface area contributed by atoms with Gasteiger partial charge in [-0.15, -0.1) is 0 Å². The lowest BCUT2D eigenvalue weighted by atomic mass is 9.67. The third-order valence-electron chi connectivity index (χ3n) is 11.4. The van der Waals surface area contributed by atoms with Gasteiger partial charge in [-0.3, -0.25) is 14.4 Å². The maximum Gasteiger partial charge on any atom is 0.228 e. The molecular weight excluding hydrogens is 673 g/mol. The van der Waals surface area contributed by atoms with Crippen LogP contribution in [0.15, 0.2) is 113 Å². The van der Waals surface area contributed by atoms with E-state index in [1.165, 1.54) is 28.4 Å². The van der Waals surface area contributed by atoms with Crippen LogP contribution in [0, 0.1) is 10.8 Å². The molecule has 1 aromatic rings. The zero-order valence-electron chi connectivity index (χ0n) is 33.8. The molecule has 7 nitrogen and oxygen atoms in total. The van der Waals surface area contributed by atoms with Crippen LogP contribution in [0.5, 0.6) is 0 Å². The molecule has 292 valence electrons. The number of carbonyl (C=O) groups excluding carboxylic acids is 3. The number of unbranched alkanes of at least 4 members (excludes halogenated alkanes) is 1. The molecule has 0 saturated carbocycles. The van der Waals surface area contributed by atoms with E-state index in [9.17, 15) is 24.6 Å². The van der Waals surface area contributed by atoms with Gasteiger partial charge < -0.3 is 20.0 Å². The van der Waals surface area contributed by atoms with E-state index >= 15 is 0 Å². The third-order valence-corrected chi connectivity index (χ3v) is 11.4. The Hall–Kier alpha value is -4.07. The standard InChI is InChI=1S/C25H31NO2.C22H33NO3/c1-18(2)9-8-10-19(3)15-23-25(16-22(27)14-13-20(25)4)17-24(28)26(23)21-11-6-5-7-12-21;1-5-6-12-23-19(13-17(4)9-7-8-16(2)3)22(15-21(23)26)14-18(24)10-11-20(22)25/h5-7,9,11-15,22-23,27H,4,8,10,16-17H2,1-3H3;8,10-11,13,18-19,24H,5-7,9,12,14-15H2,1-4H3/b19-15+;17-13+/t22-,23-,25?;18-,19-,22?/m11/s1. The Balaban J connectivity index is 0.000000241. The van der Waals surface area contributed by atoms with Gasteiger partial charge in [0.1, 0.15) is 0 Å². The number of ketones is 1. The van der Waals surface area contributed by atoms with E-state index in [0.29, 0.717) is 25.8 Å². The topological polar surface area (TPSA) is 98.2 Å². The molecule has 54 heavy (non-hydrogen) atoms. The average molecular weight is 737 g/mol. The number of likely N-dealkylation sites (tertiary alicyclic amines) is 1. The van der Waals surface area contributed by atoms with E-state index in [1.807, 2.05) is 46.2 Å². The van der Waals surface area contributed by atoms with Crippen LogP contribution in [0.25, 0.3) is 0 Å². The van der Waals surface area contributed by atoms with Gasteiger partial charge in [-0.1, -0.05) is 103 Å². The highest BCUT2D eigenvalue weighted by Crippen LogP contribution is 2.51. The Morgan fingerprint density at radius 3 is 1.89 bits per heavy atom. The molecular formula is C47H64N2O5. The van der Waals surface area contributed by atoms with Gasteiger partial charge in [0, 0.05) is 30.5 Å². The number of aliphatic hydroxyl groups is 2. The Morgan fingerprint density at radius 1 is 0.778 bits per heavy atom. The minimum absolute atomic E-state index is 0.0199. The van der Waals surface area contributed by atoms with Gasteiger partial charge in [-0.05, 0) is 110 Å². The number of para-hydroxylation sites is 1. The van der Waals surface area contributed by atoms with E-state index in [4.69, 9.17) is 0 Å². The summed E-state index contributed by atoms with van der Waals surface area (Å²) in [5, 5.41) is 20.5. The largest absolute Gasteiger partial charge is 0.389 e. The first kappa shape index (κ1) is 42.7. The van der Waals surface area contributed by atoms with Crippen LogP contribution in [0.4, 0.5) is 5.69 Å². The van der Waals surface area contributed by atoms with Crippen LogP contribution in [-0.4, -0.2) is 63.5 Å². The van der Waals surface area contributed by atoms with Gasteiger partial charge in [0.15, 0.2) is 5.78 Å². The van der Waals surface area contributed by atoms with Crippen molar-refractivity contribution in [3.63, 3.8) is 0 Å². The van der Waals surface area contributed by atoms with Gasteiger partial charge in [0.2, 0.25) is 11.8 Å². The molecule has 2 amide bonds. The van der Waals surface area contributed by atoms with Gasteiger partial charge in [0.05, 0.1) is 29.7 Å². The van der Waals surface area contributed by atoms with E-state index in [-0.39, 0.29) is 36.1 Å². The lowest BCUT2D eigenvalue weighted by molar-refractivity contribution is -0.129. The minimum Gasteiger partial charge on any atom is -0.389 e. The number of nitrogens with zero attached hydrogens (tertiary/aromatic N) is 2. The van der Waals surface area contributed by atoms with Crippen molar-refractivity contribution in [3.8, 4) is 0 Å². The van der Waals surface area contributed by atoms with Crippen molar-refractivity contribution >= 4 is 23.3 Å². The van der Waals surface area contributed by atoms with E-state index in [1.54, 1.807) is 12.2 Å². The number of benzene rings is 1. The summed E-state index contributed by atoms with van der Waals surface area (Å²) in [6.07, 6.45) is 21.5. The second-order valence-corrected chi connectivity index (χ2v) is 16.4. The molecule has 0 bridgehead atoms. The molecule has 2 unspecified atom stereocenters. The molecule has 2 aliphatic heterocycles. The monoisotopic (exact) mass is 736 g/mol. The highest BCUT2D eigenvalue weighted by atomic mass is 16.3. The fourth-order valence-electron chi connectivity index (χ4n) is 8.44. The van der Waals surface area contributed by atoms with Crippen molar-refractivity contribution in [1.29, 1.82) is 0 Å². The van der Waals surface area contributed by atoms with Gasteiger partial charge in [-0.25, -0.2) is 0 Å². The van der Waals surface area contributed by atoms with Crippen molar-refractivity contribution in [2.24, 2.45) is 10.8 Å². The van der Waals surface area contributed by atoms with Crippen LogP contribution >= 0.6 is 0 Å². The maximum atomic E-state index is 13.1. The number of allylic oxidation sites excluding steroid dienone is 8. The number of carbonyl (C=O) groups is 3. The lowest BCUT2D eigenvalue weighted by Gasteiger charge is -2.40. The molecule has 2 heterocycles. The van der Waals surface area contributed by atoms with Crippen molar-refractivity contribution in [3.05, 3.63) is 113 Å². The number of aliphatic hydroxyl groups excluding tert-OH is 2. The lowest BCUT2D eigenvalue weighted by Crippen LogP contribution is -2.47. The molecule has 2 saturated heterocycles. The Bertz CT molecular complexity index is 1710. The molecule has 5 rings (SSSR count). The molecule has 4 aliphatic rings. The van der Waals surface area contributed by atoms with Crippen LogP contribution in [0.1, 0.15) is 113 Å². The van der Waals surface area contributed by atoms with Crippen molar-refractivity contribution < 1.29 is 24.6 Å². The Labute approximate surface area is 324 Å². The van der Waals surface area contributed by atoms with Gasteiger partial charge in [-0.2, -0.15) is 0 Å². The van der Waals surface area contributed by atoms with Gasteiger partial charge >= 0.3 is 0 Å². The van der Waals surface area contributed by atoms with Crippen LogP contribution < -0.4 is 4.90 Å². The number of rotatable bonds is 12. The van der Waals surface area contributed by atoms with E-state index < -0.39 is 23.0 Å². The number of hydrogen-bond donors (Lipinski definition) is 2. The van der Waals surface area contributed by atoms with E-state index in [0.717, 1.165) is 49.8 Å². The molecule has 6 atom stereocenters. The molecule has 2 fully saturated rings. The predicted octanol–water partition coefficient (Wildman–Crippen LogP) is 9.30. The summed E-state index contributed by atoms with van der Waals surface area (Å²) < 4.78 is 0. The molecule has 2 aliphatic carbocycles. The van der Waals surface area contributed by atoms with Gasteiger partial charge in [0.25, 0.3) is 0 Å². The van der Waals surface area contributed by atoms with Crippen LogP contribution in [0.3, 0.4) is 0 Å². The molecule has 7 heteroatoms. The van der Waals surface area contributed by atoms with Crippen molar-refractivity contribution in [2.45, 2.75) is 137 Å². The first-order valence-corrected chi connectivity index (χ1v) is 19.9. The molecule has 0 radical (unpaired) electrons. The summed E-state index contributed by atoms with van der Waals surface area (Å²) in [6.45, 7) is 19.7. The maximum absolute atomic E-state index is 13.1. The Kier molecular flexibility index (Phi) is 15.0. The molecule has 2 spiro atoms. The number of hydrogen-bond acceptors (Lipinski definition) is 5. The SMILES string of the molecule is C=C1C=C[C@@H](O)CC12CC(=O)N(c1ccccc1)[C@@H]2/C=C(\C)CCC=C(C)C.CCCCN1C(=O)CC2(C[C@H](O)C=CC2=O)[C@H]1/C=C(\C)CCC=C(C)C. The molecule has 2 N–H and O–H groups in total. The highest BCUT2D eigenvalue weighted by molar-refractivity contribution is 6.02. The normalized spacial score (nSPS) is 28.2. The Morgan fingerprint density at radius 2 is 1.31 bits per heavy atom. The second-order valence-electron chi connectivity index (χ2n) is 16.4. The fraction of sp³-hybridized carbons (Fsp3) is 0.511. The van der Waals surface area contributed by atoms with Crippen molar-refractivity contribution in [1.82, 2.24) is 4.90 Å². The summed E-state index contributed by atoms with van der Waals surface area (Å²) >= 11 is 0. The predicted molar refractivity (Wildman–Crippen MR) is 221 cm³/mol. The first-order chi connectivity index (χ1) is 25.6. The summed E-state index contributed by atoms with van der Waals surface area (Å²) in [5.74, 6) is 0.106. The average Bonchev–Trinajstić information content (AvgIpc) is 3.52. The number of amides is 2. The summed E-state index contributed by atoms with van der Waals surface area (Å²) in [6, 6.07) is 9.45. The summed E-state index contributed by atoms with van der Waals surface area (Å²) in [5.41, 5.74) is 5.64. The number of anilines is 1. The minimum atomic E-state index is -0.809. The highest BCUT2D eigenvalue weighted by Gasteiger charge is 2.56. The summed E-state index contributed by atoms with van der Waals surface area (Å²) in [7, 11) is 0. The zero-order chi connectivity index (χ0) is 39.6. The second kappa shape index (κ2) is 19.0.